The average Bonchev–Trinajstić information content (AvgIpc) is 2.65. The summed E-state index contributed by atoms with van der Waals surface area (Å²) in [6.45, 7) is 1.65. The number of hydrogen-bond donors (Lipinski definition) is 2. The molecule has 1 aromatic rings. The van der Waals surface area contributed by atoms with Gasteiger partial charge in [0.1, 0.15) is 5.82 Å². The van der Waals surface area contributed by atoms with Crippen molar-refractivity contribution in [2.75, 3.05) is 18.4 Å². The third-order valence-corrected chi connectivity index (χ3v) is 2.62. The van der Waals surface area contributed by atoms with Crippen LogP contribution in [0.1, 0.15) is 24.1 Å². The fourth-order valence-electron chi connectivity index (χ4n) is 1.84. The van der Waals surface area contributed by atoms with Gasteiger partial charge in [-0.2, -0.15) is 0 Å². The van der Waals surface area contributed by atoms with Gasteiger partial charge < -0.3 is 11.1 Å². The average molecular weight is 191 g/mol. The van der Waals surface area contributed by atoms with Gasteiger partial charge in [0, 0.05) is 12.2 Å². The summed E-state index contributed by atoms with van der Waals surface area (Å²) >= 11 is 0. The van der Waals surface area contributed by atoms with Crippen molar-refractivity contribution in [1.29, 1.82) is 0 Å². The number of hydrogen-bond acceptors (Lipinski definition) is 3. The Balaban J connectivity index is 1.98. The maximum Gasteiger partial charge on any atom is 0.126 e. The van der Waals surface area contributed by atoms with Crippen molar-refractivity contribution in [2.24, 2.45) is 5.73 Å². The number of anilines is 1. The van der Waals surface area contributed by atoms with Crippen molar-refractivity contribution in [3.05, 3.63) is 23.4 Å². The zero-order chi connectivity index (χ0) is 9.80. The lowest BCUT2D eigenvalue weighted by molar-refractivity contribution is 0.866. The van der Waals surface area contributed by atoms with Crippen LogP contribution in [0.2, 0.25) is 0 Å². The Hall–Kier alpha value is -1.09. The maximum atomic E-state index is 5.42. The molecule has 2 rings (SSSR count). The van der Waals surface area contributed by atoms with Gasteiger partial charge in [-0.05, 0) is 43.9 Å². The summed E-state index contributed by atoms with van der Waals surface area (Å²) in [6.07, 6.45) is 4.60. The standard InChI is InChI=1S/C11H17N3/c12-7-2-8-13-11-6-5-9-3-1-4-10(9)14-11/h5-6H,1-4,7-8,12H2,(H,13,14). The number of nitrogens with two attached hydrogens (primary N) is 1. The lowest BCUT2D eigenvalue weighted by Gasteiger charge is -2.06. The molecule has 0 atom stereocenters. The van der Waals surface area contributed by atoms with E-state index in [4.69, 9.17) is 5.73 Å². The van der Waals surface area contributed by atoms with Crippen LogP contribution in [0.5, 0.6) is 0 Å². The van der Waals surface area contributed by atoms with E-state index >= 15 is 0 Å². The smallest absolute Gasteiger partial charge is 0.126 e. The van der Waals surface area contributed by atoms with Crippen molar-refractivity contribution in [3.8, 4) is 0 Å². The molecule has 1 aliphatic carbocycles. The van der Waals surface area contributed by atoms with Crippen molar-refractivity contribution in [1.82, 2.24) is 4.98 Å². The minimum absolute atomic E-state index is 0.734. The van der Waals surface area contributed by atoms with Gasteiger partial charge >= 0.3 is 0 Å². The fraction of sp³-hybridized carbons (Fsp3) is 0.545. The van der Waals surface area contributed by atoms with E-state index in [9.17, 15) is 0 Å². The molecule has 1 heterocycles. The Morgan fingerprint density at radius 1 is 1.36 bits per heavy atom. The molecule has 3 N–H and O–H groups in total. The van der Waals surface area contributed by atoms with Crippen molar-refractivity contribution < 1.29 is 0 Å². The van der Waals surface area contributed by atoms with Crippen LogP contribution in [0.3, 0.4) is 0 Å². The largest absolute Gasteiger partial charge is 0.370 e. The van der Waals surface area contributed by atoms with E-state index in [0.717, 1.165) is 31.7 Å². The molecule has 0 saturated carbocycles. The predicted octanol–water partition coefficient (Wildman–Crippen LogP) is 1.33. The number of pyridine rings is 1. The first kappa shape index (κ1) is 9.46. The number of aromatic nitrogens is 1. The van der Waals surface area contributed by atoms with Crippen LogP contribution in [0, 0.1) is 0 Å². The molecular formula is C11H17N3. The van der Waals surface area contributed by atoms with Crippen LogP contribution in [0.25, 0.3) is 0 Å². The summed E-state index contributed by atoms with van der Waals surface area (Å²) in [5.41, 5.74) is 8.13. The van der Waals surface area contributed by atoms with E-state index in [0.29, 0.717) is 0 Å². The number of rotatable bonds is 4. The van der Waals surface area contributed by atoms with Crippen LogP contribution in [-0.2, 0) is 12.8 Å². The van der Waals surface area contributed by atoms with Crippen LogP contribution >= 0.6 is 0 Å². The molecule has 0 fully saturated rings. The van der Waals surface area contributed by atoms with Gasteiger partial charge in [0.2, 0.25) is 0 Å². The molecule has 0 saturated heterocycles. The minimum Gasteiger partial charge on any atom is -0.370 e. The molecule has 0 aromatic carbocycles. The molecule has 1 aliphatic rings. The molecule has 0 spiro atoms. The molecule has 0 bridgehead atoms. The summed E-state index contributed by atoms with van der Waals surface area (Å²) in [7, 11) is 0. The highest BCUT2D eigenvalue weighted by Gasteiger charge is 2.11. The van der Waals surface area contributed by atoms with E-state index in [1.807, 2.05) is 0 Å². The molecule has 0 aliphatic heterocycles. The normalized spacial score (nSPS) is 14.1. The highest BCUT2D eigenvalue weighted by atomic mass is 15.0. The van der Waals surface area contributed by atoms with Gasteiger partial charge in [-0.15, -0.1) is 0 Å². The second kappa shape index (κ2) is 4.42. The molecule has 3 heteroatoms. The number of aryl methyl sites for hydroxylation is 2. The number of fused-ring (bicyclic) bond motifs is 1. The highest BCUT2D eigenvalue weighted by molar-refractivity contribution is 5.40. The first-order chi connectivity index (χ1) is 6.90. The molecule has 0 amide bonds. The quantitative estimate of drug-likeness (QED) is 0.706. The monoisotopic (exact) mass is 191 g/mol. The van der Waals surface area contributed by atoms with Crippen molar-refractivity contribution >= 4 is 5.82 Å². The zero-order valence-corrected chi connectivity index (χ0v) is 8.42. The van der Waals surface area contributed by atoms with Gasteiger partial charge in [0.25, 0.3) is 0 Å². The lowest BCUT2D eigenvalue weighted by atomic mass is 10.2. The van der Waals surface area contributed by atoms with Gasteiger partial charge in [-0.3, -0.25) is 0 Å². The summed E-state index contributed by atoms with van der Waals surface area (Å²) < 4.78 is 0. The van der Waals surface area contributed by atoms with Gasteiger partial charge in [-0.25, -0.2) is 4.98 Å². The van der Waals surface area contributed by atoms with Crippen molar-refractivity contribution in [3.63, 3.8) is 0 Å². The molecule has 0 radical (unpaired) electrons. The fourth-order valence-corrected chi connectivity index (χ4v) is 1.84. The maximum absolute atomic E-state index is 5.42. The second-order valence-electron chi connectivity index (χ2n) is 3.72. The number of nitrogens with one attached hydrogen (secondary N) is 1. The van der Waals surface area contributed by atoms with Gasteiger partial charge in [0.05, 0.1) is 0 Å². The summed E-state index contributed by atoms with van der Waals surface area (Å²) in [5, 5.41) is 3.28. The van der Waals surface area contributed by atoms with E-state index in [-0.39, 0.29) is 0 Å². The van der Waals surface area contributed by atoms with Gasteiger partial charge in [-0.1, -0.05) is 6.07 Å². The molecule has 14 heavy (non-hydrogen) atoms. The first-order valence-electron chi connectivity index (χ1n) is 5.33. The molecule has 1 aromatic heterocycles. The Labute approximate surface area is 84.7 Å². The predicted molar refractivity (Wildman–Crippen MR) is 58.4 cm³/mol. The van der Waals surface area contributed by atoms with Crippen molar-refractivity contribution in [2.45, 2.75) is 25.7 Å². The zero-order valence-electron chi connectivity index (χ0n) is 8.42. The molecule has 3 nitrogen and oxygen atoms in total. The van der Waals surface area contributed by atoms with Gasteiger partial charge in [0.15, 0.2) is 0 Å². The van der Waals surface area contributed by atoms with Crippen LogP contribution in [0.15, 0.2) is 12.1 Å². The first-order valence-corrected chi connectivity index (χ1v) is 5.33. The van der Waals surface area contributed by atoms with Crippen LogP contribution in [0.4, 0.5) is 5.82 Å². The van der Waals surface area contributed by atoms with E-state index in [2.05, 4.69) is 22.4 Å². The van der Waals surface area contributed by atoms with Crippen LogP contribution in [-0.4, -0.2) is 18.1 Å². The second-order valence-corrected chi connectivity index (χ2v) is 3.72. The molecule has 0 unspecified atom stereocenters. The topological polar surface area (TPSA) is 50.9 Å². The Kier molecular flexibility index (Phi) is 2.99. The SMILES string of the molecule is NCCCNc1ccc2c(n1)CCC2. The molecule has 76 valence electrons. The summed E-state index contributed by atoms with van der Waals surface area (Å²) in [4.78, 5) is 4.57. The summed E-state index contributed by atoms with van der Waals surface area (Å²) in [6, 6.07) is 4.26. The van der Waals surface area contributed by atoms with Crippen LogP contribution < -0.4 is 11.1 Å². The minimum atomic E-state index is 0.734. The Morgan fingerprint density at radius 3 is 3.14 bits per heavy atom. The Bertz CT molecular complexity index is 309. The van der Waals surface area contributed by atoms with E-state index in [1.165, 1.54) is 24.1 Å². The number of nitrogens with zero attached hydrogens (tertiary/aromatic N) is 1. The third kappa shape index (κ3) is 2.04. The van der Waals surface area contributed by atoms with E-state index in [1.54, 1.807) is 0 Å². The summed E-state index contributed by atoms with van der Waals surface area (Å²) in [5.74, 6) is 0.999. The Morgan fingerprint density at radius 2 is 2.29 bits per heavy atom. The third-order valence-electron chi connectivity index (χ3n) is 2.62. The lowest BCUT2D eigenvalue weighted by Crippen LogP contribution is -2.09. The highest BCUT2D eigenvalue weighted by Crippen LogP contribution is 2.21. The van der Waals surface area contributed by atoms with E-state index < -0.39 is 0 Å². The molecular weight excluding hydrogens is 174 g/mol.